The van der Waals surface area contributed by atoms with Crippen molar-refractivity contribution in [1.82, 2.24) is 4.98 Å². The van der Waals surface area contributed by atoms with E-state index in [9.17, 15) is 5.11 Å². The van der Waals surface area contributed by atoms with Gasteiger partial charge in [-0.3, -0.25) is 0 Å². The Morgan fingerprint density at radius 1 is 1.50 bits per heavy atom. The third-order valence-corrected chi connectivity index (χ3v) is 3.76. The average Bonchev–Trinajstić information content (AvgIpc) is 2.69. The summed E-state index contributed by atoms with van der Waals surface area (Å²) < 4.78 is 1.12. The number of thiazole rings is 1. The standard InChI is InChI=1S/C12H16N2OS/c1-3-11-14-9-5-4-8(6-10(9)16-11)12(15)7(2)13/h4-7,12,15H,3,13H2,1-2H3. The Hall–Kier alpha value is -0.970. The number of benzene rings is 1. The van der Waals surface area contributed by atoms with Crippen LogP contribution >= 0.6 is 11.3 Å². The molecule has 0 spiro atoms. The van der Waals surface area contributed by atoms with Crippen molar-refractivity contribution < 1.29 is 5.11 Å². The van der Waals surface area contributed by atoms with Gasteiger partial charge in [-0.15, -0.1) is 11.3 Å². The van der Waals surface area contributed by atoms with Crippen LogP contribution in [0, 0.1) is 0 Å². The van der Waals surface area contributed by atoms with Crippen LogP contribution in [-0.4, -0.2) is 16.1 Å². The molecule has 3 nitrogen and oxygen atoms in total. The average molecular weight is 236 g/mol. The van der Waals surface area contributed by atoms with Crippen molar-refractivity contribution in [2.24, 2.45) is 5.73 Å². The number of nitrogens with zero attached hydrogens (tertiary/aromatic N) is 1. The first kappa shape index (κ1) is 11.5. The van der Waals surface area contributed by atoms with Crippen molar-refractivity contribution in [3.8, 4) is 0 Å². The summed E-state index contributed by atoms with van der Waals surface area (Å²) in [6.45, 7) is 3.90. The summed E-state index contributed by atoms with van der Waals surface area (Å²) in [7, 11) is 0. The highest BCUT2D eigenvalue weighted by molar-refractivity contribution is 7.18. The van der Waals surface area contributed by atoms with Gasteiger partial charge in [-0.2, -0.15) is 0 Å². The van der Waals surface area contributed by atoms with Gasteiger partial charge in [-0.05, 0) is 31.0 Å². The topological polar surface area (TPSA) is 59.1 Å². The molecule has 3 N–H and O–H groups in total. The van der Waals surface area contributed by atoms with Crippen molar-refractivity contribution in [1.29, 1.82) is 0 Å². The molecule has 0 amide bonds. The Morgan fingerprint density at radius 3 is 2.88 bits per heavy atom. The molecule has 0 aliphatic rings. The second kappa shape index (κ2) is 4.49. The molecule has 0 radical (unpaired) electrons. The molecule has 0 saturated heterocycles. The summed E-state index contributed by atoms with van der Waals surface area (Å²) in [6.07, 6.45) is 0.349. The summed E-state index contributed by atoms with van der Waals surface area (Å²) in [4.78, 5) is 4.48. The van der Waals surface area contributed by atoms with Crippen LogP contribution in [0.15, 0.2) is 18.2 Å². The smallest absolute Gasteiger partial charge is 0.0938 e. The maximum Gasteiger partial charge on any atom is 0.0938 e. The third kappa shape index (κ3) is 2.09. The van der Waals surface area contributed by atoms with E-state index in [4.69, 9.17) is 5.73 Å². The third-order valence-electron chi connectivity index (χ3n) is 2.60. The van der Waals surface area contributed by atoms with E-state index in [1.165, 1.54) is 0 Å². The Balaban J connectivity index is 2.43. The number of rotatable bonds is 3. The van der Waals surface area contributed by atoms with E-state index in [-0.39, 0.29) is 6.04 Å². The van der Waals surface area contributed by atoms with Gasteiger partial charge in [-0.1, -0.05) is 13.0 Å². The molecule has 4 heteroatoms. The molecule has 2 unspecified atom stereocenters. The van der Waals surface area contributed by atoms with Crippen LogP contribution < -0.4 is 5.73 Å². The van der Waals surface area contributed by atoms with Crippen LogP contribution in [0.25, 0.3) is 10.2 Å². The van der Waals surface area contributed by atoms with Crippen LogP contribution in [0.5, 0.6) is 0 Å². The fourth-order valence-corrected chi connectivity index (χ4v) is 2.58. The molecular formula is C12H16N2OS. The quantitative estimate of drug-likeness (QED) is 0.859. The van der Waals surface area contributed by atoms with E-state index in [0.29, 0.717) is 0 Å². The molecule has 1 aromatic heterocycles. The van der Waals surface area contributed by atoms with Crippen molar-refractivity contribution in [3.05, 3.63) is 28.8 Å². The largest absolute Gasteiger partial charge is 0.387 e. The van der Waals surface area contributed by atoms with Crippen LogP contribution in [0.1, 0.15) is 30.5 Å². The summed E-state index contributed by atoms with van der Waals surface area (Å²) in [5, 5.41) is 11.0. The monoisotopic (exact) mass is 236 g/mol. The number of aliphatic hydroxyl groups excluding tert-OH is 1. The predicted molar refractivity (Wildman–Crippen MR) is 67.6 cm³/mol. The predicted octanol–water partition coefficient (Wildman–Crippen LogP) is 2.24. The molecule has 86 valence electrons. The zero-order chi connectivity index (χ0) is 11.7. The number of hydrogen-bond donors (Lipinski definition) is 2. The van der Waals surface area contributed by atoms with Crippen LogP contribution in [0.4, 0.5) is 0 Å². The minimum absolute atomic E-state index is 0.254. The van der Waals surface area contributed by atoms with Gasteiger partial charge in [0.05, 0.1) is 21.3 Å². The normalized spacial score (nSPS) is 15.2. The SMILES string of the molecule is CCc1nc2ccc(C(O)C(C)N)cc2s1. The van der Waals surface area contributed by atoms with Gasteiger partial charge in [0.2, 0.25) is 0 Å². The fourth-order valence-electron chi connectivity index (χ4n) is 1.63. The Morgan fingerprint density at radius 2 is 2.25 bits per heavy atom. The van der Waals surface area contributed by atoms with Crippen LogP contribution in [0.2, 0.25) is 0 Å². The van der Waals surface area contributed by atoms with Gasteiger partial charge in [0.25, 0.3) is 0 Å². The first-order chi connectivity index (χ1) is 7.61. The zero-order valence-electron chi connectivity index (χ0n) is 9.47. The molecular weight excluding hydrogens is 220 g/mol. The minimum Gasteiger partial charge on any atom is -0.387 e. The van der Waals surface area contributed by atoms with Gasteiger partial charge in [0.1, 0.15) is 0 Å². The lowest BCUT2D eigenvalue weighted by molar-refractivity contribution is 0.153. The summed E-state index contributed by atoms with van der Waals surface area (Å²) in [6, 6.07) is 5.58. The van der Waals surface area contributed by atoms with Crippen molar-refractivity contribution >= 4 is 21.6 Å². The fraction of sp³-hybridized carbons (Fsp3) is 0.417. The lowest BCUT2D eigenvalue weighted by Gasteiger charge is -2.14. The number of hydrogen-bond acceptors (Lipinski definition) is 4. The Bertz CT molecular complexity index is 493. The number of nitrogens with two attached hydrogens (primary N) is 1. The number of aromatic nitrogens is 1. The first-order valence-corrected chi connectivity index (χ1v) is 6.26. The second-order valence-corrected chi connectivity index (χ2v) is 5.11. The van der Waals surface area contributed by atoms with Crippen molar-refractivity contribution in [3.63, 3.8) is 0 Å². The van der Waals surface area contributed by atoms with Crippen LogP contribution in [-0.2, 0) is 6.42 Å². The molecule has 2 atom stereocenters. The number of aliphatic hydroxyl groups is 1. The van der Waals surface area contributed by atoms with Gasteiger partial charge in [-0.25, -0.2) is 4.98 Å². The van der Waals surface area contributed by atoms with E-state index in [1.54, 1.807) is 18.3 Å². The van der Waals surface area contributed by atoms with E-state index < -0.39 is 6.10 Å². The number of fused-ring (bicyclic) bond motifs is 1. The first-order valence-electron chi connectivity index (χ1n) is 5.45. The summed E-state index contributed by atoms with van der Waals surface area (Å²) in [5.74, 6) is 0. The lowest BCUT2D eigenvalue weighted by atomic mass is 10.0. The molecule has 16 heavy (non-hydrogen) atoms. The second-order valence-electron chi connectivity index (χ2n) is 3.99. The van der Waals surface area contributed by atoms with Crippen molar-refractivity contribution in [2.45, 2.75) is 32.4 Å². The molecule has 1 heterocycles. The molecule has 2 rings (SSSR count). The highest BCUT2D eigenvalue weighted by Crippen LogP contribution is 2.26. The molecule has 0 aliphatic carbocycles. The van der Waals surface area contributed by atoms with E-state index >= 15 is 0 Å². The van der Waals surface area contributed by atoms with Gasteiger partial charge in [0.15, 0.2) is 0 Å². The maximum absolute atomic E-state index is 9.88. The Labute approximate surface area is 98.9 Å². The minimum atomic E-state index is -0.600. The highest BCUT2D eigenvalue weighted by atomic mass is 32.1. The molecule has 0 saturated carbocycles. The van der Waals surface area contributed by atoms with Gasteiger partial charge < -0.3 is 10.8 Å². The zero-order valence-corrected chi connectivity index (χ0v) is 10.3. The van der Waals surface area contributed by atoms with E-state index in [2.05, 4.69) is 11.9 Å². The van der Waals surface area contributed by atoms with E-state index in [1.807, 2.05) is 18.2 Å². The highest BCUT2D eigenvalue weighted by Gasteiger charge is 2.13. The molecule has 2 aromatic rings. The Kier molecular flexibility index (Phi) is 3.23. The molecule has 1 aromatic carbocycles. The molecule has 0 bridgehead atoms. The molecule has 0 aliphatic heterocycles. The summed E-state index contributed by atoms with van der Waals surface area (Å²) in [5.41, 5.74) is 7.55. The van der Waals surface area contributed by atoms with E-state index in [0.717, 1.165) is 27.2 Å². The molecule has 0 fully saturated rings. The maximum atomic E-state index is 9.88. The summed E-state index contributed by atoms with van der Waals surface area (Å²) >= 11 is 1.68. The van der Waals surface area contributed by atoms with Crippen LogP contribution in [0.3, 0.4) is 0 Å². The van der Waals surface area contributed by atoms with Gasteiger partial charge >= 0.3 is 0 Å². The number of aryl methyl sites for hydroxylation is 1. The lowest BCUT2D eigenvalue weighted by Crippen LogP contribution is -2.24. The van der Waals surface area contributed by atoms with Gasteiger partial charge in [0, 0.05) is 6.04 Å². The van der Waals surface area contributed by atoms with Crippen molar-refractivity contribution in [2.75, 3.05) is 0 Å².